The SMILES string of the molecule is CCOC(=O)c1c2c(nn1C(C)c1cc(F)ccc1C(F)F)CCN(C(=O)OC(C)(C)C)C2. The number of aromatic nitrogens is 2. The van der Waals surface area contributed by atoms with Crippen molar-refractivity contribution in [3.8, 4) is 0 Å². The first-order valence-electron chi connectivity index (χ1n) is 10.8. The van der Waals surface area contributed by atoms with Crippen LogP contribution in [-0.2, 0) is 22.4 Å². The largest absolute Gasteiger partial charge is 0.461 e. The fraction of sp³-hybridized carbons (Fsp3) is 0.522. The number of ether oxygens (including phenoxy) is 2. The first kappa shape index (κ1) is 24.6. The highest BCUT2D eigenvalue weighted by atomic mass is 19.3. The lowest BCUT2D eigenvalue weighted by atomic mass is 10.0. The molecule has 0 saturated heterocycles. The number of carbonyl (C=O) groups excluding carboxylic acids is 2. The summed E-state index contributed by atoms with van der Waals surface area (Å²) < 4.78 is 53.1. The van der Waals surface area contributed by atoms with E-state index in [1.54, 1.807) is 34.6 Å². The fourth-order valence-electron chi connectivity index (χ4n) is 3.81. The van der Waals surface area contributed by atoms with Crippen molar-refractivity contribution in [1.29, 1.82) is 0 Å². The number of amides is 1. The summed E-state index contributed by atoms with van der Waals surface area (Å²) in [6.07, 6.45) is -3.03. The number of esters is 1. The van der Waals surface area contributed by atoms with Gasteiger partial charge in [0, 0.05) is 24.1 Å². The van der Waals surface area contributed by atoms with Crippen molar-refractivity contribution in [2.45, 2.75) is 65.7 Å². The van der Waals surface area contributed by atoms with Gasteiger partial charge in [-0.05, 0) is 52.3 Å². The number of carbonyl (C=O) groups is 2. The minimum absolute atomic E-state index is 0.0133. The van der Waals surface area contributed by atoms with Crippen LogP contribution < -0.4 is 0 Å². The summed E-state index contributed by atoms with van der Waals surface area (Å²) in [6.45, 7) is 8.92. The quantitative estimate of drug-likeness (QED) is 0.576. The number of hydrogen-bond acceptors (Lipinski definition) is 5. The number of benzene rings is 1. The van der Waals surface area contributed by atoms with Crippen LogP contribution in [0.15, 0.2) is 18.2 Å². The predicted molar refractivity (Wildman–Crippen MR) is 114 cm³/mol. The molecule has 7 nitrogen and oxygen atoms in total. The van der Waals surface area contributed by atoms with E-state index in [0.29, 0.717) is 24.2 Å². The monoisotopic (exact) mass is 467 g/mol. The molecule has 0 spiro atoms. The standard InChI is InChI=1S/C23H28F3N3O4/c1-6-32-21(30)19-17-12-28(22(31)33-23(3,4)5)10-9-18(17)27-29(19)13(2)16-11-14(24)7-8-15(16)20(25)26/h7-8,11,13,20H,6,9-10,12H2,1-5H3. The molecule has 1 aromatic heterocycles. The van der Waals surface area contributed by atoms with Gasteiger partial charge in [0.1, 0.15) is 11.4 Å². The van der Waals surface area contributed by atoms with Gasteiger partial charge >= 0.3 is 12.1 Å². The fourth-order valence-corrected chi connectivity index (χ4v) is 3.81. The summed E-state index contributed by atoms with van der Waals surface area (Å²) in [7, 11) is 0. The van der Waals surface area contributed by atoms with E-state index in [1.165, 1.54) is 9.58 Å². The maximum atomic E-state index is 13.9. The van der Waals surface area contributed by atoms with E-state index in [-0.39, 0.29) is 30.0 Å². The van der Waals surface area contributed by atoms with Gasteiger partial charge in [-0.1, -0.05) is 6.07 Å². The van der Waals surface area contributed by atoms with Gasteiger partial charge in [-0.15, -0.1) is 0 Å². The molecule has 0 N–H and O–H groups in total. The number of rotatable bonds is 5. The van der Waals surface area contributed by atoms with E-state index in [0.717, 1.165) is 18.2 Å². The van der Waals surface area contributed by atoms with E-state index in [9.17, 15) is 22.8 Å². The smallest absolute Gasteiger partial charge is 0.410 e. The third-order valence-electron chi connectivity index (χ3n) is 5.28. The second kappa shape index (κ2) is 9.44. The molecule has 1 unspecified atom stereocenters. The predicted octanol–water partition coefficient (Wildman–Crippen LogP) is 5.04. The van der Waals surface area contributed by atoms with Gasteiger partial charge < -0.3 is 14.4 Å². The highest BCUT2D eigenvalue weighted by molar-refractivity contribution is 5.90. The number of halogens is 3. The zero-order valence-electron chi connectivity index (χ0n) is 19.3. The van der Waals surface area contributed by atoms with Crippen LogP contribution in [0.1, 0.15) is 80.0 Å². The van der Waals surface area contributed by atoms with Crippen molar-refractivity contribution >= 4 is 12.1 Å². The van der Waals surface area contributed by atoms with Crippen molar-refractivity contribution in [2.75, 3.05) is 13.2 Å². The van der Waals surface area contributed by atoms with E-state index >= 15 is 0 Å². The highest BCUT2D eigenvalue weighted by Gasteiger charge is 2.34. The van der Waals surface area contributed by atoms with Crippen molar-refractivity contribution < 1.29 is 32.2 Å². The molecule has 33 heavy (non-hydrogen) atoms. The lowest BCUT2D eigenvalue weighted by Gasteiger charge is -2.29. The van der Waals surface area contributed by atoms with E-state index in [1.807, 2.05) is 0 Å². The normalized spacial score (nSPS) is 14.8. The van der Waals surface area contributed by atoms with Crippen LogP contribution in [0.4, 0.5) is 18.0 Å². The summed E-state index contributed by atoms with van der Waals surface area (Å²) in [6, 6.07) is 2.14. The number of fused-ring (bicyclic) bond motifs is 1. The molecule has 1 amide bonds. The van der Waals surface area contributed by atoms with Gasteiger partial charge in [-0.3, -0.25) is 4.68 Å². The molecule has 1 aliphatic rings. The molecular formula is C23H28F3N3O4. The molecule has 0 bridgehead atoms. The van der Waals surface area contributed by atoms with Crippen molar-refractivity contribution in [3.63, 3.8) is 0 Å². The van der Waals surface area contributed by atoms with Crippen LogP contribution in [0, 0.1) is 5.82 Å². The Morgan fingerprint density at radius 3 is 2.52 bits per heavy atom. The Balaban J connectivity index is 2.06. The third-order valence-corrected chi connectivity index (χ3v) is 5.28. The summed E-state index contributed by atoms with van der Waals surface area (Å²) in [5.41, 5.74) is 0.0504. The van der Waals surface area contributed by atoms with Gasteiger partial charge in [0.25, 0.3) is 6.43 Å². The van der Waals surface area contributed by atoms with E-state index in [4.69, 9.17) is 9.47 Å². The van der Waals surface area contributed by atoms with Gasteiger partial charge in [0.05, 0.1) is 24.9 Å². The van der Waals surface area contributed by atoms with Crippen molar-refractivity contribution in [2.24, 2.45) is 0 Å². The Bertz CT molecular complexity index is 1050. The molecule has 1 aliphatic heterocycles. The van der Waals surface area contributed by atoms with Crippen LogP contribution in [0.25, 0.3) is 0 Å². The summed E-state index contributed by atoms with van der Waals surface area (Å²) in [4.78, 5) is 26.9. The molecule has 3 rings (SSSR count). The molecule has 0 radical (unpaired) electrons. The molecule has 2 aromatic rings. The molecule has 180 valence electrons. The van der Waals surface area contributed by atoms with Gasteiger partial charge in [0.2, 0.25) is 0 Å². The second-order valence-corrected chi connectivity index (χ2v) is 8.84. The summed E-state index contributed by atoms with van der Waals surface area (Å²) >= 11 is 0. The Morgan fingerprint density at radius 1 is 1.21 bits per heavy atom. The Kier molecular flexibility index (Phi) is 7.04. The third kappa shape index (κ3) is 5.31. The average molecular weight is 467 g/mol. The first-order chi connectivity index (χ1) is 15.4. The molecule has 1 atom stereocenters. The lowest BCUT2D eigenvalue weighted by molar-refractivity contribution is 0.0219. The minimum Gasteiger partial charge on any atom is -0.461 e. The molecular weight excluding hydrogens is 439 g/mol. The maximum absolute atomic E-state index is 13.9. The first-order valence-corrected chi connectivity index (χ1v) is 10.8. The van der Waals surface area contributed by atoms with Crippen LogP contribution >= 0.6 is 0 Å². The summed E-state index contributed by atoms with van der Waals surface area (Å²) in [5.74, 6) is -1.37. The Morgan fingerprint density at radius 2 is 1.91 bits per heavy atom. The van der Waals surface area contributed by atoms with Crippen molar-refractivity contribution in [3.05, 3.63) is 52.1 Å². The van der Waals surface area contributed by atoms with Gasteiger partial charge in [-0.25, -0.2) is 22.8 Å². The number of nitrogens with zero attached hydrogens (tertiary/aromatic N) is 3. The van der Waals surface area contributed by atoms with Crippen LogP contribution in [0.2, 0.25) is 0 Å². The second-order valence-electron chi connectivity index (χ2n) is 8.84. The maximum Gasteiger partial charge on any atom is 0.410 e. The van der Waals surface area contributed by atoms with Crippen LogP contribution in [0.5, 0.6) is 0 Å². The Hall–Kier alpha value is -3.04. The Labute approximate surface area is 190 Å². The molecule has 2 heterocycles. The van der Waals surface area contributed by atoms with Gasteiger partial charge in [0.15, 0.2) is 5.69 Å². The lowest BCUT2D eigenvalue weighted by Crippen LogP contribution is -2.40. The highest BCUT2D eigenvalue weighted by Crippen LogP contribution is 2.33. The number of alkyl halides is 2. The van der Waals surface area contributed by atoms with Crippen LogP contribution in [0.3, 0.4) is 0 Å². The zero-order valence-corrected chi connectivity index (χ0v) is 19.3. The molecule has 0 aliphatic carbocycles. The van der Waals surface area contributed by atoms with Crippen LogP contribution in [-0.4, -0.2) is 45.5 Å². The molecule has 0 fully saturated rings. The zero-order chi connectivity index (χ0) is 24.5. The molecule has 1 aromatic carbocycles. The van der Waals surface area contributed by atoms with Crippen molar-refractivity contribution in [1.82, 2.24) is 14.7 Å². The van der Waals surface area contributed by atoms with Gasteiger partial charge in [-0.2, -0.15) is 5.10 Å². The topological polar surface area (TPSA) is 73.7 Å². The number of hydrogen-bond donors (Lipinski definition) is 0. The van der Waals surface area contributed by atoms with E-state index in [2.05, 4.69) is 5.10 Å². The average Bonchev–Trinajstić information content (AvgIpc) is 3.10. The summed E-state index contributed by atoms with van der Waals surface area (Å²) in [5, 5.41) is 4.50. The minimum atomic E-state index is -2.83. The molecule has 10 heteroatoms. The molecule has 0 saturated carbocycles. The van der Waals surface area contributed by atoms with E-state index < -0.39 is 35.9 Å².